The number of para-hydroxylation sites is 1. The Morgan fingerprint density at radius 3 is 2.77 bits per heavy atom. The summed E-state index contributed by atoms with van der Waals surface area (Å²) in [6.45, 7) is 1.85. The first kappa shape index (κ1) is 15.4. The number of rotatable bonds is 3. The normalized spacial score (nSPS) is 23.3. The second-order valence-electron chi connectivity index (χ2n) is 6.16. The van der Waals surface area contributed by atoms with Gasteiger partial charge in [0.1, 0.15) is 0 Å². The van der Waals surface area contributed by atoms with E-state index in [1.807, 2.05) is 31.2 Å². The summed E-state index contributed by atoms with van der Waals surface area (Å²) in [6.07, 6.45) is 5.76. The molecule has 1 heterocycles. The molecule has 0 bridgehead atoms. The molecule has 2 atom stereocenters. The molecule has 1 fully saturated rings. The van der Waals surface area contributed by atoms with Crippen molar-refractivity contribution >= 4 is 29.3 Å². The smallest absolute Gasteiger partial charge is 0.238 e. The number of benzene rings is 1. The van der Waals surface area contributed by atoms with E-state index in [1.54, 1.807) is 0 Å². The van der Waals surface area contributed by atoms with Crippen molar-refractivity contribution in [2.24, 2.45) is 5.92 Å². The lowest BCUT2D eigenvalue weighted by Crippen LogP contribution is -2.45. The summed E-state index contributed by atoms with van der Waals surface area (Å²) in [7, 11) is 0. The molecule has 118 valence electrons. The van der Waals surface area contributed by atoms with Gasteiger partial charge in [0.05, 0.1) is 16.9 Å². The fourth-order valence-electron chi connectivity index (χ4n) is 3.11. The number of fused-ring (bicyclic) bond motifs is 1. The number of nitrogens with one attached hydrogen (secondary N) is 2. The van der Waals surface area contributed by atoms with Gasteiger partial charge >= 0.3 is 0 Å². The third kappa shape index (κ3) is 3.29. The van der Waals surface area contributed by atoms with Gasteiger partial charge in [-0.1, -0.05) is 38.3 Å². The summed E-state index contributed by atoms with van der Waals surface area (Å²) in [5.41, 5.74) is 0.841. The van der Waals surface area contributed by atoms with E-state index in [1.165, 1.54) is 31.0 Å². The van der Waals surface area contributed by atoms with Crippen LogP contribution >= 0.6 is 11.8 Å². The molecule has 1 aromatic carbocycles. The lowest BCUT2D eigenvalue weighted by Gasteiger charge is -2.30. The average Bonchev–Trinajstić information content (AvgIpc) is 2.54. The standard InChI is InChI=1S/C17H22N2O2S/c1-11(16(20)18-12-7-3-2-4-8-12)15-17(21)19-13-9-5-6-10-14(13)22-15/h5-6,9-12,15H,2-4,7-8H2,1H3,(H,18,20)(H,19,21). The van der Waals surface area contributed by atoms with E-state index >= 15 is 0 Å². The van der Waals surface area contributed by atoms with Crippen LogP contribution in [0.5, 0.6) is 0 Å². The van der Waals surface area contributed by atoms with Gasteiger partial charge in [0, 0.05) is 10.9 Å². The van der Waals surface area contributed by atoms with Gasteiger partial charge < -0.3 is 10.6 Å². The molecule has 1 aliphatic heterocycles. The zero-order chi connectivity index (χ0) is 15.5. The minimum Gasteiger partial charge on any atom is -0.353 e. The molecule has 0 aromatic heterocycles. The zero-order valence-corrected chi connectivity index (χ0v) is 13.6. The summed E-state index contributed by atoms with van der Waals surface area (Å²) in [4.78, 5) is 25.8. The Balaban J connectivity index is 1.65. The van der Waals surface area contributed by atoms with E-state index in [0.29, 0.717) is 0 Å². The van der Waals surface area contributed by atoms with Crippen molar-refractivity contribution in [3.05, 3.63) is 24.3 Å². The van der Waals surface area contributed by atoms with E-state index in [0.717, 1.165) is 23.4 Å². The SMILES string of the molecule is CC(C(=O)NC1CCCCC1)C1Sc2ccccc2NC1=O. The molecular formula is C17H22N2O2S. The van der Waals surface area contributed by atoms with Crippen molar-refractivity contribution in [3.63, 3.8) is 0 Å². The number of carbonyl (C=O) groups excluding carboxylic acids is 2. The molecule has 1 saturated carbocycles. The first-order chi connectivity index (χ1) is 10.6. The van der Waals surface area contributed by atoms with E-state index in [-0.39, 0.29) is 29.0 Å². The van der Waals surface area contributed by atoms with Crippen LogP contribution in [-0.2, 0) is 9.59 Å². The molecule has 5 heteroatoms. The molecule has 1 aromatic rings. The van der Waals surface area contributed by atoms with Gasteiger partial charge in [-0.25, -0.2) is 0 Å². The van der Waals surface area contributed by atoms with E-state index in [2.05, 4.69) is 10.6 Å². The fourth-order valence-corrected chi connectivity index (χ4v) is 4.28. The van der Waals surface area contributed by atoms with Crippen molar-refractivity contribution in [2.75, 3.05) is 5.32 Å². The van der Waals surface area contributed by atoms with Crippen molar-refractivity contribution < 1.29 is 9.59 Å². The number of anilines is 1. The van der Waals surface area contributed by atoms with Crippen molar-refractivity contribution in [1.29, 1.82) is 0 Å². The van der Waals surface area contributed by atoms with E-state index in [4.69, 9.17) is 0 Å². The predicted octanol–water partition coefficient (Wildman–Crippen LogP) is 3.18. The molecule has 3 rings (SSSR count). The second kappa shape index (κ2) is 6.73. The summed E-state index contributed by atoms with van der Waals surface area (Å²) in [5, 5.41) is 5.68. The number of carbonyl (C=O) groups is 2. The van der Waals surface area contributed by atoms with Gasteiger partial charge in [-0.3, -0.25) is 9.59 Å². The summed E-state index contributed by atoms with van der Waals surface area (Å²) < 4.78 is 0. The molecule has 22 heavy (non-hydrogen) atoms. The molecule has 2 amide bonds. The van der Waals surface area contributed by atoms with Crippen LogP contribution in [0, 0.1) is 5.92 Å². The summed E-state index contributed by atoms with van der Waals surface area (Å²) in [5.74, 6) is -0.408. The topological polar surface area (TPSA) is 58.2 Å². The third-order valence-electron chi connectivity index (χ3n) is 4.48. The third-order valence-corrected chi connectivity index (χ3v) is 5.96. The van der Waals surface area contributed by atoms with Gasteiger partial charge in [0.2, 0.25) is 11.8 Å². The molecule has 0 radical (unpaired) electrons. The molecule has 4 nitrogen and oxygen atoms in total. The van der Waals surface area contributed by atoms with Crippen LogP contribution in [0.2, 0.25) is 0 Å². The van der Waals surface area contributed by atoms with Gasteiger partial charge in [-0.05, 0) is 25.0 Å². The Labute approximate surface area is 135 Å². The molecular weight excluding hydrogens is 296 g/mol. The van der Waals surface area contributed by atoms with Crippen LogP contribution in [0.25, 0.3) is 0 Å². The minimum absolute atomic E-state index is 0.000990. The van der Waals surface area contributed by atoms with Crippen LogP contribution in [0.3, 0.4) is 0 Å². The van der Waals surface area contributed by atoms with Crippen molar-refractivity contribution in [3.8, 4) is 0 Å². The lowest BCUT2D eigenvalue weighted by atomic mass is 9.94. The Kier molecular flexibility index (Phi) is 4.71. The van der Waals surface area contributed by atoms with Gasteiger partial charge in [-0.2, -0.15) is 0 Å². The molecule has 0 spiro atoms. The molecule has 1 aliphatic carbocycles. The summed E-state index contributed by atoms with van der Waals surface area (Å²) in [6, 6.07) is 8.01. The average molecular weight is 318 g/mol. The highest BCUT2D eigenvalue weighted by Gasteiger charge is 2.35. The predicted molar refractivity (Wildman–Crippen MR) is 88.9 cm³/mol. The van der Waals surface area contributed by atoms with Crippen molar-refractivity contribution in [2.45, 2.75) is 55.2 Å². The van der Waals surface area contributed by atoms with E-state index in [9.17, 15) is 9.59 Å². The zero-order valence-electron chi connectivity index (χ0n) is 12.8. The molecule has 2 N–H and O–H groups in total. The lowest BCUT2D eigenvalue weighted by molar-refractivity contribution is -0.128. The minimum atomic E-state index is -0.363. The molecule has 2 aliphatic rings. The highest BCUT2D eigenvalue weighted by atomic mass is 32.2. The number of thioether (sulfide) groups is 1. The van der Waals surface area contributed by atoms with Crippen molar-refractivity contribution in [1.82, 2.24) is 5.32 Å². The van der Waals surface area contributed by atoms with Crippen LogP contribution in [-0.4, -0.2) is 23.1 Å². The number of hydrogen-bond donors (Lipinski definition) is 2. The quantitative estimate of drug-likeness (QED) is 0.900. The van der Waals surface area contributed by atoms with Gasteiger partial charge in [0.25, 0.3) is 0 Å². The van der Waals surface area contributed by atoms with Gasteiger partial charge in [0.15, 0.2) is 0 Å². The maximum absolute atomic E-state index is 12.5. The first-order valence-corrected chi connectivity index (χ1v) is 8.90. The first-order valence-electron chi connectivity index (χ1n) is 8.02. The van der Waals surface area contributed by atoms with Crippen LogP contribution in [0.4, 0.5) is 5.69 Å². The Morgan fingerprint density at radius 1 is 1.27 bits per heavy atom. The monoisotopic (exact) mass is 318 g/mol. The Bertz CT molecular complexity index is 570. The highest BCUT2D eigenvalue weighted by molar-refractivity contribution is 8.01. The highest BCUT2D eigenvalue weighted by Crippen LogP contribution is 2.38. The maximum Gasteiger partial charge on any atom is 0.238 e. The van der Waals surface area contributed by atoms with Gasteiger partial charge in [-0.15, -0.1) is 11.8 Å². The number of amides is 2. The van der Waals surface area contributed by atoms with Crippen LogP contribution in [0.15, 0.2) is 29.2 Å². The largest absolute Gasteiger partial charge is 0.353 e. The Morgan fingerprint density at radius 2 is 2.00 bits per heavy atom. The van der Waals surface area contributed by atoms with Crippen LogP contribution in [0.1, 0.15) is 39.0 Å². The van der Waals surface area contributed by atoms with E-state index < -0.39 is 0 Å². The molecule has 0 saturated heterocycles. The Hall–Kier alpha value is -1.49. The second-order valence-corrected chi connectivity index (χ2v) is 7.34. The molecule has 2 unspecified atom stereocenters. The van der Waals surface area contributed by atoms with Crippen LogP contribution < -0.4 is 10.6 Å². The fraction of sp³-hybridized carbons (Fsp3) is 0.529. The maximum atomic E-state index is 12.5. The summed E-state index contributed by atoms with van der Waals surface area (Å²) >= 11 is 1.49. The number of hydrogen-bond acceptors (Lipinski definition) is 3.